The summed E-state index contributed by atoms with van der Waals surface area (Å²) in [4.78, 5) is 0. The number of halogens is 1. The molecule has 0 bridgehead atoms. The number of nitrogens with zero attached hydrogens (tertiary/aromatic N) is 4. The van der Waals surface area contributed by atoms with Gasteiger partial charge in [0.05, 0.1) is 17.9 Å². The first kappa shape index (κ1) is 11.0. The van der Waals surface area contributed by atoms with Gasteiger partial charge in [0, 0.05) is 12.7 Å². The third-order valence-electron chi connectivity index (χ3n) is 2.51. The molecule has 0 aliphatic rings. The molecule has 2 heterocycles. The maximum absolute atomic E-state index is 5.98. The normalized spacial score (nSPS) is 10.9. The summed E-state index contributed by atoms with van der Waals surface area (Å²) in [7, 11) is 0. The number of anilines is 1. The second-order valence-electron chi connectivity index (χ2n) is 3.58. The highest BCUT2D eigenvalue weighted by Gasteiger charge is 2.11. The number of hydrogen-bond acceptors (Lipinski definition) is 3. The SMILES string of the molecule is CCn1nccc1Cn1nc(C)c(Cl)c1N. The fourth-order valence-electron chi connectivity index (χ4n) is 1.63. The average Bonchev–Trinajstić information content (AvgIpc) is 2.81. The lowest BCUT2D eigenvalue weighted by molar-refractivity contribution is 0.579. The van der Waals surface area contributed by atoms with Crippen molar-refractivity contribution in [3.05, 3.63) is 28.7 Å². The molecule has 5 nitrogen and oxygen atoms in total. The Hall–Kier alpha value is -1.49. The van der Waals surface area contributed by atoms with E-state index in [1.54, 1.807) is 10.9 Å². The molecule has 6 heteroatoms. The predicted octanol–water partition coefficient (Wildman–Crippen LogP) is 1.69. The van der Waals surface area contributed by atoms with E-state index in [2.05, 4.69) is 10.2 Å². The number of rotatable bonds is 3. The second-order valence-corrected chi connectivity index (χ2v) is 3.96. The maximum atomic E-state index is 5.98. The smallest absolute Gasteiger partial charge is 0.141 e. The summed E-state index contributed by atoms with van der Waals surface area (Å²) < 4.78 is 3.60. The van der Waals surface area contributed by atoms with Crippen LogP contribution in [0.1, 0.15) is 18.3 Å². The molecule has 0 atom stereocenters. The zero-order valence-corrected chi connectivity index (χ0v) is 10.1. The van der Waals surface area contributed by atoms with Gasteiger partial charge in [-0.1, -0.05) is 11.6 Å². The number of hydrogen-bond donors (Lipinski definition) is 1. The molecule has 0 spiro atoms. The Labute approximate surface area is 98.8 Å². The Morgan fingerprint density at radius 1 is 1.44 bits per heavy atom. The van der Waals surface area contributed by atoms with Crippen LogP contribution in [0.15, 0.2) is 12.3 Å². The average molecular weight is 240 g/mol. The monoisotopic (exact) mass is 239 g/mol. The number of nitrogen functional groups attached to an aromatic ring is 1. The van der Waals surface area contributed by atoms with Crippen LogP contribution in [-0.4, -0.2) is 19.6 Å². The lowest BCUT2D eigenvalue weighted by atomic mass is 10.4. The Morgan fingerprint density at radius 3 is 2.75 bits per heavy atom. The molecule has 0 saturated heterocycles. The van der Waals surface area contributed by atoms with E-state index in [0.717, 1.165) is 17.9 Å². The Bertz CT molecular complexity index is 499. The summed E-state index contributed by atoms with van der Waals surface area (Å²) >= 11 is 5.98. The standard InChI is InChI=1S/C10H14ClN5/c1-3-15-8(4-5-13-15)6-16-10(12)9(11)7(2)14-16/h4-5H,3,6,12H2,1-2H3. The molecule has 0 amide bonds. The van der Waals surface area contributed by atoms with Crippen molar-refractivity contribution in [2.24, 2.45) is 0 Å². The maximum Gasteiger partial charge on any atom is 0.141 e. The molecule has 0 fully saturated rings. The van der Waals surface area contributed by atoms with Crippen LogP contribution in [0.5, 0.6) is 0 Å². The summed E-state index contributed by atoms with van der Waals surface area (Å²) in [6.07, 6.45) is 1.77. The third-order valence-corrected chi connectivity index (χ3v) is 2.97. The van der Waals surface area contributed by atoms with Gasteiger partial charge in [-0.2, -0.15) is 10.2 Å². The lowest BCUT2D eigenvalue weighted by Gasteiger charge is -2.06. The fraction of sp³-hybridized carbons (Fsp3) is 0.400. The molecule has 0 radical (unpaired) electrons. The van der Waals surface area contributed by atoms with Crippen LogP contribution in [0.4, 0.5) is 5.82 Å². The fourth-order valence-corrected chi connectivity index (χ4v) is 1.77. The van der Waals surface area contributed by atoms with E-state index in [1.807, 2.05) is 24.6 Å². The van der Waals surface area contributed by atoms with Crippen molar-refractivity contribution >= 4 is 17.4 Å². The van der Waals surface area contributed by atoms with Crippen LogP contribution >= 0.6 is 11.6 Å². The molecule has 2 aromatic heterocycles. The minimum absolute atomic E-state index is 0.503. The number of aromatic nitrogens is 4. The van der Waals surface area contributed by atoms with Gasteiger partial charge in [0.25, 0.3) is 0 Å². The van der Waals surface area contributed by atoms with Crippen molar-refractivity contribution in [1.82, 2.24) is 19.6 Å². The van der Waals surface area contributed by atoms with E-state index in [4.69, 9.17) is 17.3 Å². The molecule has 0 aromatic carbocycles. The van der Waals surface area contributed by atoms with Gasteiger partial charge < -0.3 is 5.73 Å². The highest BCUT2D eigenvalue weighted by atomic mass is 35.5. The molecule has 16 heavy (non-hydrogen) atoms. The van der Waals surface area contributed by atoms with Crippen LogP contribution in [0.3, 0.4) is 0 Å². The molecule has 2 rings (SSSR count). The zero-order valence-electron chi connectivity index (χ0n) is 9.31. The first-order valence-corrected chi connectivity index (χ1v) is 5.50. The summed E-state index contributed by atoms with van der Waals surface area (Å²) in [5.41, 5.74) is 7.67. The van der Waals surface area contributed by atoms with E-state index in [1.165, 1.54) is 0 Å². The predicted molar refractivity (Wildman–Crippen MR) is 63.4 cm³/mol. The van der Waals surface area contributed by atoms with Crippen molar-refractivity contribution < 1.29 is 0 Å². The first-order valence-electron chi connectivity index (χ1n) is 5.12. The minimum atomic E-state index is 0.503. The van der Waals surface area contributed by atoms with Crippen molar-refractivity contribution in [3.63, 3.8) is 0 Å². The largest absolute Gasteiger partial charge is 0.383 e. The summed E-state index contributed by atoms with van der Waals surface area (Å²) in [5.74, 6) is 0.503. The highest BCUT2D eigenvalue weighted by molar-refractivity contribution is 6.33. The van der Waals surface area contributed by atoms with Crippen molar-refractivity contribution in [1.29, 1.82) is 0 Å². The third kappa shape index (κ3) is 1.78. The minimum Gasteiger partial charge on any atom is -0.383 e. The summed E-state index contributed by atoms with van der Waals surface area (Å²) in [5, 5.41) is 9.00. The van der Waals surface area contributed by atoms with Crippen LogP contribution < -0.4 is 5.73 Å². The van der Waals surface area contributed by atoms with Crippen LogP contribution in [0.2, 0.25) is 5.02 Å². The summed E-state index contributed by atoms with van der Waals surface area (Å²) in [6, 6.07) is 1.95. The van der Waals surface area contributed by atoms with Gasteiger partial charge in [-0.05, 0) is 19.9 Å². The van der Waals surface area contributed by atoms with E-state index >= 15 is 0 Å². The Balaban J connectivity index is 2.30. The van der Waals surface area contributed by atoms with Gasteiger partial charge >= 0.3 is 0 Å². The Morgan fingerprint density at radius 2 is 2.19 bits per heavy atom. The molecule has 0 aliphatic heterocycles. The molecule has 0 unspecified atom stereocenters. The van der Waals surface area contributed by atoms with E-state index < -0.39 is 0 Å². The molecule has 0 saturated carbocycles. The molecule has 86 valence electrons. The molecule has 0 aliphatic carbocycles. The van der Waals surface area contributed by atoms with Gasteiger partial charge in [-0.3, -0.25) is 4.68 Å². The van der Waals surface area contributed by atoms with E-state index in [-0.39, 0.29) is 0 Å². The first-order chi connectivity index (χ1) is 7.63. The Kier molecular flexibility index (Phi) is 2.87. The number of aryl methyl sites for hydroxylation is 2. The number of nitrogens with two attached hydrogens (primary N) is 1. The van der Waals surface area contributed by atoms with Gasteiger partial charge in [0.1, 0.15) is 10.8 Å². The van der Waals surface area contributed by atoms with Crippen molar-refractivity contribution in [2.45, 2.75) is 26.9 Å². The molecule has 2 aromatic rings. The quantitative estimate of drug-likeness (QED) is 0.887. The molecule has 2 N–H and O–H groups in total. The van der Waals surface area contributed by atoms with Gasteiger partial charge in [0.2, 0.25) is 0 Å². The zero-order chi connectivity index (χ0) is 11.7. The lowest BCUT2D eigenvalue weighted by Crippen LogP contribution is -2.11. The summed E-state index contributed by atoms with van der Waals surface area (Å²) in [6.45, 7) is 5.30. The highest BCUT2D eigenvalue weighted by Crippen LogP contribution is 2.22. The van der Waals surface area contributed by atoms with Crippen LogP contribution in [-0.2, 0) is 13.1 Å². The van der Waals surface area contributed by atoms with Crippen LogP contribution in [0.25, 0.3) is 0 Å². The van der Waals surface area contributed by atoms with Crippen molar-refractivity contribution in [2.75, 3.05) is 5.73 Å². The van der Waals surface area contributed by atoms with Gasteiger partial charge in [-0.25, -0.2) is 4.68 Å². The van der Waals surface area contributed by atoms with E-state index in [0.29, 0.717) is 17.4 Å². The van der Waals surface area contributed by atoms with Gasteiger partial charge in [-0.15, -0.1) is 0 Å². The second kappa shape index (κ2) is 4.17. The van der Waals surface area contributed by atoms with Crippen LogP contribution in [0, 0.1) is 6.92 Å². The molecular formula is C10H14ClN5. The van der Waals surface area contributed by atoms with E-state index in [9.17, 15) is 0 Å². The topological polar surface area (TPSA) is 61.7 Å². The molecular weight excluding hydrogens is 226 g/mol. The van der Waals surface area contributed by atoms with Gasteiger partial charge in [0.15, 0.2) is 0 Å². The van der Waals surface area contributed by atoms with Crippen molar-refractivity contribution in [3.8, 4) is 0 Å².